The lowest BCUT2D eigenvalue weighted by molar-refractivity contribution is 0.683. The summed E-state index contributed by atoms with van der Waals surface area (Å²) in [5, 5.41) is 0. The SMILES string of the molecule is C=CC(c1[c]cccn1)n1cccc1. The Labute approximate surface area is 83.5 Å². The highest BCUT2D eigenvalue weighted by Gasteiger charge is 2.08. The molecule has 2 heteroatoms. The summed E-state index contributed by atoms with van der Waals surface area (Å²) in [6.45, 7) is 3.81. The van der Waals surface area contributed by atoms with Crippen LogP contribution in [0.4, 0.5) is 0 Å². The standard InChI is InChI=1S/C12H11N2/c1-2-12(14-9-5-6-10-14)11-7-3-4-8-13-11/h2-6,8-10,12H,1H2. The van der Waals surface area contributed by atoms with Gasteiger partial charge in [0.1, 0.15) is 0 Å². The Morgan fingerprint density at radius 1 is 1.36 bits per heavy atom. The first kappa shape index (κ1) is 8.75. The molecule has 0 aliphatic rings. The molecule has 1 atom stereocenters. The van der Waals surface area contributed by atoms with Crippen molar-refractivity contribution in [1.29, 1.82) is 0 Å². The van der Waals surface area contributed by atoms with Crippen LogP contribution in [0.25, 0.3) is 0 Å². The van der Waals surface area contributed by atoms with E-state index in [-0.39, 0.29) is 6.04 Å². The first-order valence-electron chi connectivity index (χ1n) is 4.49. The van der Waals surface area contributed by atoms with Crippen LogP contribution in [0.1, 0.15) is 11.7 Å². The minimum absolute atomic E-state index is 0.0752. The largest absolute Gasteiger partial charge is 0.342 e. The fourth-order valence-corrected chi connectivity index (χ4v) is 1.41. The lowest BCUT2D eigenvalue weighted by Crippen LogP contribution is -2.07. The van der Waals surface area contributed by atoms with Gasteiger partial charge in [-0.1, -0.05) is 12.1 Å². The third-order valence-electron chi connectivity index (χ3n) is 2.08. The zero-order chi connectivity index (χ0) is 9.80. The Kier molecular flexibility index (Phi) is 2.45. The van der Waals surface area contributed by atoms with Crippen LogP contribution >= 0.6 is 0 Å². The number of hydrogen-bond acceptors (Lipinski definition) is 1. The van der Waals surface area contributed by atoms with Gasteiger partial charge in [-0.2, -0.15) is 0 Å². The van der Waals surface area contributed by atoms with E-state index in [0.29, 0.717) is 0 Å². The first-order valence-corrected chi connectivity index (χ1v) is 4.49. The Morgan fingerprint density at radius 2 is 2.14 bits per heavy atom. The molecule has 0 saturated heterocycles. The molecule has 0 aliphatic heterocycles. The highest BCUT2D eigenvalue weighted by Crippen LogP contribution is 2.16. The molecular formula is C12H11N2. The molecule has 0 aromatic carbocycles. The van der Waals surface area contributed by atoms with Crippen molar-refractivity contribution in [3.63, 3.8) is 0 Å². The van der Waals surface area contributed by atoms with Crippen molar-refractivity contribution in [2.45, 2.75) is 6.04 Å². The van der Waals surface area contributed by atoms with Crippen LogP contribution in [0, 0.1) is 6.07 Å². The van der Waals surface area contributed by atoms with Crippen LogP contribution < -0.4 is 0 Å². The summed E-state index contributed by atoms with van der Waals surface area (Å²) < 4.78 is 2.05. The van der Waals surface area contributed by atoms with Gasteiger partial charge in [0.15, 0.2) is 0 Å². The molecule has 2 rings (SSSR count). The molecule has 0 saturated carbocycles. The molecule has 69 valence electrons. The van der Waals surface area contributed by atoms with Gasteiger partial charge >= 0.3 is 0 Å². The Hall–Kier alpha value is -1.83. The lowest BCUT2D eigenvalue weighted by Gasteiger charge is -2.13. The second-order valence-electron chi connectivity index (χ2n) is 2.98. The van der Waals surface area contributed by atoms with Crippen molar-refractivity contribution in [2.24, 2.45) is 0 Å². The minimum atomic E-state index is 0.0752. The number of rotatable bonds is 3. The van der Waals surface area contributed by atoms with E-state index in [0.717, 1.165) is 5.69 Å². The number of pyridine rings is 1. The summed E-state index contributed by atoms with van der Waals surface area (Å²) in [6, 6.07) is 10.9. The first-order chi connectivity index (χ1) is 6.92. The maximum atomic E-state index is 4.26. The van der Waals surface area contributed by atoms with E-state index in [4.69, 9.17) is 0 Å². The van der Waals surface area contributed by atoms with Gasteiger partial charge in [0.05, 0.1) is 11.7 Å². The van der Waals surface area contributed by atoms with E-state index in [1.807, 2.05) is 47.3 Å². The van der Waals surface area contributed by atoms with Gasteiger partial charge in [-0.3, -0.25) is 4.98 Å². The molecule has 14 heavy (non-hydrogen) atoms. The summed E-state index contributed by atoms with van der Waals surface area (Å²) >= 11 is 0. The normalized spacial score (nSPS) is 12.3. The van der Waals surface area contributed by atoms with E-state index in [2.05, 4.69) is 17.6 Å². The van der Waals surface area contributed by atoms with Crippen LogP contribution in [-0.4, -0.2) is 9.55 Å². The van der Waals surface area contributed by atoms with Crippen molar-refractivity contribution in [2.75, 3.05) is 0 Å². The van der Waals surface area contributed by atoms with Crippen molar-refractivity contribution >= 4 is 0 Å². The van der Waals surface area contributed by atoms with E-state index in [1.54, 1.807) is 6.20 Å². The number of nitrogens with zero attached hydrogens (tertiary/aromatic N) is 2. The van der Waals surface area contributed by atoms with E-state index in [9.17, 15) is 0 Å². The molecule has 0 N–H and O–H groups in total. The lowest BCUT2D eigenvalue weighted by atomic mass is 10.2. The van der Waals surface area contributed by atoms with Crippen LogP contribution in [0.2, 0.25) is 0 Å². The van der Waals surface area contributed by atoms with Crippen LogP contribution in [-0.2, 0) is 0 Å². The van der Waals surface area contributed by atoms with Crippen LogP contribution in [0.5, 0.6) is 0 Å². The Morgan fingerprint density at radius 3 is 2.71 bits per heavy atom. The predicted octanol–water partition coefficient (Wildman–Crippen LogP) is 2.46. The maximum absolute atomic E-state index is 4.26. The third-order valence-corrected chi connectivity index (χ3v) is 2.08. The summed E-state index contributed by atoms with van der Waals surface area (Å²) in [4.78, 5) is 4.26. The number of allylic oxidation sites excluding steroid dienone is 1. The van der Waals surface area contributed by atoms with E-state index < -0.39 is 0 Å². The molecule has 2 aromatic rings. The van der Waals surface area contributed by atoms with Crippen molar-refractivity contribution < 1.29 is 0 Å². The van der Waals surface area contributed by atoms with Crippen LogP contribution in [0.15, 0.2) is 55.5 Å². The van der Waals surface area contributed by atoms with Gasteiger partial charge in [-0.15, -0.1) is 6.58 Å². The highest BCUT2D eigenvalue weighted by molar-refractivity contribution is 5.15. The topological polar surface area (TPSA) is 17.8 Å². The molecule has 0 bridgehead atoms. The highest BCUT2D eigenvalue weighted by atomic mass is 15.0. The van der Waals surface area contributed by atoms with Crippen LogP contribution in [0.3, 0.4) is 0 Å². The Bertz CT molecular complexity index is 390. The maximum Gasteiger partial charge on any atom is 0.0938 e. The number of aromatic nitrogens is 2. The third kappa shape index (κ3) is 1.59. The molecule has 0 amide bonds. The molecule has 1 radical (unpaired) electrons. The molecule has 2 nitrogen and oxygen atoms in total. The Balaban J connectivity index is 2.36. The molecule has 2 aromatic heterocycles. The number of hydrogen-bond donors (Lipinski definition) is 0. The van der Waals surface area contributed by atoms with E-state index in [1.165, 1.54) is 0 Å². The zero-order valence-corrected chi connectivity index (χ0v) is 7.80. The summed E-state index contributed by atoms with van der Waals surface area (Å²) in [5.41, 5.74) is 0.888. The molecular weight excluding hydrogens is 172 g/mol. The fraction of sp³-hybridized carbons (Fsp3) is 0.0833. The van der Waals surface area contributed by atoms with E-state index >= 15 is 0 Å². The molecule has 0 fully saturated rings. The van der Waals surface area contributed by atoms with Gasteiger partial charge in [0.25, 0.3) is 0 Å². The molecule has 1 unspecified atom stereocenters. The monoisotopic (exact) mass is 183 g/mol. The molecule has 0 spiro atoms. The van der Waals surface area contributed by atoms with Gasteiger partial charge in [0.2, 0.25) is 0 Å². The average Bonchev–Trinajstić information content (AvgIpc) is 2.74. The molecule has 2 heterocycles. The van der Waals surface area contributed by atoms with Crippen molar-refractivity contribution in [3.8, 4) is 0 Å². The van der Waals surface area contributed by atoms with Crippen molar-refractivity contribution in [1.82, 2.24) is 9.55 Å². The second kappa shape index (κ2) is 3.92. The van der Waals surface area contributed by atoms with Gasteiger partial charge in [0, 0.05) is 24.7 Å². The summed E-state index contributed by atoms with van der Waals surface area (Å²) in [6.07, 6.45) is 7.62. The summed E-state index contributed by atoms with van der Waals surface area (Å²) in [5.74, 6) is 0. The minimum Gasteiger partial charge on any atom is -0.342 e. The van der Waals surface area contributed by atoms with Gasteiger partial charge in [-0.25, -0.2) is 0 Å². The average molecular weight is 183 g/mol. The fourth-order valence-electron chi connectivity index (χ4n) is 1.41. The van der Waals surface area contributed by atoms with Gasteiger partial charge < -0.3 is 4.57 Å². The molecule has 0 aliphatic carbocycles. The second-order valence-corrected chi connectivity index (χ2v) is 2.98. The smallest absolute Gasteiger partial charge is 0.0938 e. The predicted molar refractivity (Wildman–Crippen MR) is 55.8 cm³/mol. The van der Waals surface area contributed by atoms with Gasteiger partial charge in [-0.05, 0) is 18.2 Å². The van der Waals surface area contributed by atoms with Crippen molar-refractivity contribution in [3.05, 3.63) is 67.3 Å². The summed E-state index contributed by atoms with van der Waals surface area (Å²) in [7, 11) is 0. The zero-order valence-electron chi connectivity index (χ0n) is 7.80. The quantitative estimate of drug-likeness (QED) is 0.668.